The fourth-order valence-electron chi connectivity index (χ4n) is 2.10. The number of rotatable bonds is 7. The minimum absolute atomic E-state index is 0.257. The van der Waals surface area contributed by atoms with Crippen molar-refractivity contribution in [3.63, 3.8) is 0 Å². The summed E-state index contributed by atoms with van der Waals surface area (Å²) in [6.07, 6.45) is 1.03. The molecule has 1 aromatic rings. The molecule has 1 N–H and O–H groups in total. The molecule has 1 aromatic carbocycles. The Morgan fingerprint density at radius 3 is 2.39 bits per heavy atom. The Labute approximate surface area is 109 Å². The number of carboxylic acids is 1. The molecule has 0 saturated heterocycles. The molecule has 0 saturated carbocycles. The van der Waals surface area contributed by atoms with Gasteiger partial charge in [0.25, 0.3) is 0 Å². The molecule has 1 rings (SSSR count). The second-order valence-electron chi connectivity index (χ2n) is 4.82. The number of aliphatic carboxylic acids is 1. The van der Waals surface area contributed by atoms with Crippen molar-refractivity contribution in [3.8, 4) is 0 Å². The predicted molar refractivity (Wildman–Crippen MR) is 73.5 cm³/mol. The number of benzene rings is 1. The van der Waals surface area contributed by atoms with Gasteiger partial charge in [0.2, 0.25) is 0 Å². The Morgan fingerprint density at radius 1 is 1.28 bits per heavy atom. The summed E-state index contributed by atoms with van der Waals surface area (Å²) in [6.45, 7) is 7.55. The molecule has 0 radical (unpaired) electrons. The molecule has 3 nitrogen and oxygen atoms in total. The second kappa shape index (κ2) is 7.17. The summed E-state index contributed by atoms with van der Waals surface area (Å²) in [4.78, 5) is 13.2. The molecule has 2 unspecified atom stereocenters. The lowest BCUT2D eigenvalue weighted by Crippen LogP contribution is -2.34. The molecule has 0 bridgehead atoms. The zero-order valence-corrected chi connectivity index (χ0v) is 11.5. The molecule has 0 aliphatic heterocycles. The zero-order chi connectivity index (χ0) is 13.5. The Morgan fingerprint density at radius 2 is 1.89 bits per heavy atom. The third-order valence-corrected chi connectivity index (χ3v) is 3.27. The van der Waals surface area contributed by atoms with Gasteiger partial charge in [-0.25, -0.2) is 0 Å². The van der Waals surface area contributed by atoms with Gasteiger partial charge in [0.1, 0.15) is 0 Å². The molecule has 0 aliphatic rings. The highest BCUT2D eigenvalue weighted by Gasteiger charge is 2.20. The van der Waals surface area contributed by atoms with Crippen LogP contribution >= 0.6 is 0 Å². The standard InChI is InChI=1S/C15H23NO2/c1-4-10-16(11-12(2)15(17)18)13(3)14-8-6-5-7-9-14/h5-9,12-13H,4,10-11H2,1-3H3,(H,17,18). The Kier molecular flexibility index (Phi) is 5.86. The molecule has 3 heteroatoms. The maximum absolute atomic E-state index is 11.0. The Hall–Kier alpha value is -1.35. The van der Waals surface area contributed by atoms with E-state index in [2.05, 4.69) is 30.9 Å². The van der Waals surface area contributed by atoms with Crippen molar-refractivity contribution < 1.29 is 9.90 Å². The van der Waals surface area contributed by atoms with Crippen LogP contribution in [0.5, 0.6) is 0 Å². The third kappa shape index (κ3) is 4.15. The number of hydrogen-bond donors (Lipinski definition) is 1. The molecule has 0 heterocycles. The molecule has 0 amide bonds. The van der Waals surface area contributed by atoms with Gasteiger partial charge in [0, 0.05) is 12.6 Å². The van der Waals surface area contributed by atoms with Gasteiger partial charge in [-0.15, -0.1) is 0 Å². The lowest BCUT2D eigenvalue weighted by atomic mass is 10.0. The van der Waals surface area contributed by atoms with Crippen molar-refractivity contribution in [2.75, 3.05) is 13.1 Å². The number of nitrogens with zero attached hydrogens (tertiary/aromatic N) is 1. The second-order valence-corrected chi connectivity index (χ2v) is 4.82. The lowest BCUT2D eigenvalue weighted by molar-refractivity contribution is -0.141. The zero-order valence-electron chi connectivity index (χ0n) is 11.5. The first kappa shape index (κ1) is 14.7. The van der Waals surface area contributed by atoms with Gasteiger partial charge in [0.15, 0.2) is 0 Å². The minimum Gasteiger partial charge on any atom is -0.481 e. The van der Waals surface area contributed by atoms with E-state index in [1.54, 1.807) is 6.92 Å². The van der Waals surface area contributed by atoms with Gasteiger partial charge in [0.05, 0.1) is 5.92 Å². The van der Waals surface area contributed by atoms with E-state index in [4.69, 9.17) is 5.11 Å². The number of carbonyl (C=O) groups is 1. The third-order valence-electron chi connectivity index (χ3n) is 3.27. The van der Waals surface area contributed by atoms with Crippen LogP contribution in [-0.4, -0.2) is 29.1 Å². The normalized spacial score (nSPS) is 14.4. The predicted octanol–water partition coefficient (Wildman–Crippen LogP) is 3.18. The van der Waals surface area contributed by atoms with E-state index in [1.807, 2.05) is 18.2 Å². The van der Waals surface area contributed by atoms with Crippen LogP contribution in [0.25, 0.3) is 0 Å². The Bertz CT molecular complexity index is 364. The van der Waals surface area contributed by atoms with E-state index in [0.717, 1.165) is 13.0 Å². The maximum Gasteiger partial charge on any atom is 0.307 e. The van der Waals surface area contributed by atoms with Gasteiger partial charge in [-0.3, -0.25) is 9.69 Å². The van der Waals surface area contributed by atoms with Gasteiger partial charge < -0.3 is 5.11 Å². The summed E-state index contributed by atoms with van der Waals surface area (Å²) in [5, 5.41) is 9.02. The quantitative estimate of drug-likeness (QED) is 0.807. The molecular formula is C15H23NO2. The summed E-state index contributed by atoms with van der Waals surface area (Å²) >= 11 is 0. The van der Waals surface area contributed by atoms with Gasteiger partial charge in [-0.2, -0.15) is 0 Å². The fourth-order valence-corrected chi connectivity index (χ4v) is 2.10. The van der Waals surface area contributed by atoms with Crippen LogP contribution in [0.3, 0.4) is 0 Å². The van der Waals surface area contributed by atoms with Crippen molar-refractivity contribution in [1.29, 1.82) is 0 Å². The first-order chi connectivity index (χ1) is 8.56. The van der Waals surface area contributed by atoms with E-state index in [9.17, 15) is 4.79 Å². The van der Waals surface area contributed by atoms with Crippen LogP contribution in [0.1, 0.15) is 38.8 Å². The Balaban J connectivity index is 2.75. The molecule has 0 spiro atoms. The first-order valence-electron chi connectivity index (χ1n) is 6.58. The highest BCUT2D eigenvalue weighted by Crippen LogP contribution is 2.21. The molecule has 18 heavy (non-hydrogen) atoms. The number of carboxylic acid groups (broad SMARTS) is 1. The molecule has 2 atom stereocenters. The summed E-state index contributed by atoms with van der Waals surface area (Å²) in [5.74, 6) is -1.06. The van der Waals surface area contributed by atoms with E-state index in [1.165, 1.54) is 5.56 Å². The highest BCUT2D eigenvalue weighted by molar-refractivity contribution is 5.69. The largest absolute Gasteiger partial charge is 0.481 e. The summed E-state index contributed by atoms with van der Waals surface area (Å²) in [6, 6.07) is 10.5. The van der Waals surface area contributed by atoms with Crippen LogP contribution in [0.4, 0.5) is 0 Å². The van der Waals surface area contributed by atoms with Crippen molar-refractivity contribution in [2.45, 2.75) is 33.2 Å². The molecule has 100 valence electrons. The van der Waals surface area contributed by atoms with Gasteiger partial charge >= 0.3 is 5.97 Å². The van der Waals surface area contributed by atoms with Crippen LogP contribution in [-0.2, 0) is 4.79 Å². The van der Waals surface area contributed by atoms with Crippen LogP contribution in [0.15, 0.2) is 30.3 Å². The monoisotopic (exact) mass is 249 g/mol. The first-order valence-corrected chi connectivity index (χ1v) is 6.58. The van der Waals surface area contributed by atoms with Crippen LogP contribution in [0.2, 0.25) is 0 Å². The highest BCUT2D eigenvalue weighted by atomic mass is 16.4. The van der Waals surface area contributed by atoms with Crippen LogP contribution < -0.4 is 0 Å². The maximum atomic E-state index is 11.0. The van der Waals surface area contributed by atoms with E-state index >= 15 is 0 Å². The average molecular weight is 249 g/mol. The smallest absolute Gasteiger partial charge is 0.307 e. The molecular weight excluding hydrogens is 226 g/mol. The van der Waals surface area contributed by atoms with E-state index in [-0.39, 0.29) is 12.0 Å². The van der Waals surface area contributed by atoms with Crippen molar-refractivity contribution in [2.24, 2.45) is 5.92 Å². The van der Waals surface area contributed by atoms with Crippen molar-refractivity contribution >= 4 is 5.97 Å². The van der Waals surface area contributed by atoms with E-state index in [0.29, 0.717) is 6.54 Å². The average Bonchev–Trinajstić information content (AvgIpc) is 2.38. The lowest BCUT2D eigenvalue weighted by Gasteiger charge is -2.30. The van der Waals surface area contributed by atoms with Gasteiger partial charge in [-0.05, 0) is 25.5 Å². The van der Waals surface area contributed by atoms with Crippen molar-refractivity contribution in [3.05, 3.63) is 35.9 Å². The molecule has 0 aromatic heterocycles. The van der Waals surface area contributed by atoms with E-state index < -0.39 is 5.97 Å². The topological polar surface area (TPSA) is 40.5 Å². The summed E-state index contributed by atoms with van der Waals surface area (Å²) < 4.78 is 0. The molecule has 0 aliphatic carbocycles. The molecule has 0 fully saturated rings. The van der Waals surface area contributed by atoms with Gasteiger partial charge in [-0.1, -0.05) is 44.2 Å². The number of hydrogen-bond acceptors (Lipinski definition) is 2. The summed E-state index contributed by atoms with van der Waals surface area (Å²) in [7, 11) is 0. The summed E-state index contributed by atoms with van der Waals surface area (Å²) in [5.41, 5.74) is 1.24. The van der Waals surface area contributed by atoms with Crippen LogP contribution in [0, 0.1) is 5.92 Å². The SMILES string of the molecule is CCCN(CC(C)C(=O)O)C(C)c1ccccc1. The van der Waals surface area contributed by atoms with Crippen molar-refractivity contribution in [1.82, 2.24) is 4.90 Å². The fraction of sp³-hybridized carbons (Fsp3) is 0.533. The minimum atomic E-state index is -0.726.